The second-order valence-corrected chi connectivity index (χ2v) is 7.40. The largest absolute Gasteiger partial charge is 0.501 e. The van der Waals surface area contributed by atoms with Gasteiger partial charge in [0.05, 0.1) is 10.5 Å². The maximum Gasteiger partial charge on any atom is 0.501 e. The Morgan fingerprint density at radius 2 is 1.91 bits per heavy atom. The monoisotopic (exact) mass is 346 g/mol. The number of benzene rings is 1. The lowest BCUT2D eigenvalue weighted by Gasteiger charge is -2.31. The molecule has 0 spiro atoms. The summed E-state index contributed by atoms with van der Waals surface area (Å²) in [6.07, 6.45) is 1.38. The summed E-state index contributed by atoms with van der Waals surface area (Å²) in [5.41, 5.74) is -5.39. The molecule has 4 nitrogen and oxygen atoms in total. The number of likely N-dealkylation sites (tertiary alicyclic amines) is 1. The molecular formula is C15H17F3N2O2S. The highest BCUT2D eigenvalue weighted by atomic mass is 32.2. The number of hydrogen-bond donors (Lipinski definition) is 0. The number of nitrogens with zero attached hydrogens (tertiary/aromatic N) is 2. The van der Waals surface area contributed by atoms with Gasteiger partial charge in [-0.1, -0.05) is 19.1 Å². The Morgan fingerprint density at radius 1 is 1.30 bits per heavy atom. The minimum atomic E-state index is -5.53. The van der Waals surface area contributed by atoms with Crippen LogP contribution in [0, 0.1) is 11.3 Å². The van der Waals surface area contributed by atoms with Crippen molar-refractivity contribution in [3.63, 3.8) is 0 Å². The van der Waals surface area contributed by atoms with E-state index in [9.17, 15) is 26.9 Å². The van der Waals surface area contributed by atoms with E-state index in [4.69, 9.17) is 0 Å². The molecule has 0 radical (unpaired) electrons. The van der Waals surface area contributed by atoms with Crippen LogP contribution in [-0.2, 0) is 9.84 Å². The zero-order chi connectivity index (χ0) is 17.3. The quantitative estimate of drug-likeness (QED) is 0.844. The van der Waals surface area contributed by atoms with Crippen molar-refractivity contribution in [2.75, 3.05) is 19.6 Å². The minimum Gasteiger partial charge on any atom is -0.304 e. The van der Waals surface area contributed by atoms with E-state index in [0.717, 1.165) is 25.7 Å². The van der Waals surface area contributed by atoms with Crippen LogP contribution in [0.5, 0.6) is 0 Å². The van der Waals surface area contributed by atoms with E-state index >= 15 is 0 Å². The van der Waals surface area contributed by atoms with Crippen molar-refractivity contribution in [3.8, 4) is 6.07 Å². The first-order chi connectivity index (χ1) is 10.7. The van der Waals surface area contributed by atoms with Crippen molar-refractivity contribution in [1.29, 1.82) is 5.26 Å². The van der Waals surface area contributed by atoms with Crippen LogP contribution in [0.3, 0.4) is 0 Å². The topological polar surface area (TPSA) is 61.2 Å². The van der Waals surface area contributed by atoms with Crippen LogP contribution >= 0.6 is 0 Å². The molecule has 0 atom stereocenters. The Hall–Kier alpha value is -1.59. The number of sulfone groups is 1. The summed E-state index contributed by atoms with van der Waals surface area (Å²) in [6, 6.07) is 5.36. The van der Waals surface area contributed by atoms with E-state index in [1.54, 1.807) is 12.1 Å². The predicted octanol–water partition coefficient (Wildman–Crippen LogP) is 3.05. The third-order valence-corrected chi connectivity index (χ3v) is 5.77. The average molecular weight is 346 g/mol. The van der Waals surface area contributed by atoms with E-state index in [1.165, 1.54) is 6.07 Å². The molecule has 0 aromatic heterocycles. The van der Waals surface area contributed by atoms with Gasteiger partial charge in [0.25, 0.3) is 9.84 Å². The lowest BCUT2D eigenvalue weighted by Crippen LogP contribution is -2.33. The fraction of sp³-hybridized carbons (Fsp3) is 0.533. The van der Waals surface area contributed by atoms with Crippen LogP contribution in [-0.4, -0.2) is 38.5 Å². The average Bonchev–Trinajstić information content (AvgIpc) is 2.53. The Labute approximate surface area is 133 Å². The van der Waals surface area contributed by atoms with Gasteiger partial charge >= 0.3 is 5.51 Å². The van der Waals surface area contributed by atoms with Crippen molar-refractivity contribution in [2.45, 2.75) is 36.1 Å². The van der Waals surface area contributed by atoms with E-state index in [2.05, 4.69) is 4.90 Å². The molecule has 2 rings (SSSR count). The molecule has 0 aliphatic carbocycles. The summed E-state index contributed by atoms with van der Waals surface area (Å²) in [5, 5.41) is 9.26. The summed E-state index contributed by atoms with van der Waals surface area (Å²) in [6.45, 7) is 4.47. The van der Waals surface area contributed by atoms with Crippen LogP contribution in [0.4, 0.5) is 13.2 Å². The SMILES string of the molecule is CCN1CCC(c2cccc(S(=O)(=O)C(F)(F)F)c2C#N)CC1. The molecule has 0 saturated carbocycles. The first-order valence-electron chi connectivity index (χ1n) is 7.29. The highest BCUT2D eigenvalue weighted by molar-refractivity contribution is 7.92. The van der Waals surface area contributed by atoms with E-state index in [-0.39, 0.29) is 11.5 Å². The number of hydrogen-bond acceptors (Lipinski definition) is 4. The van der Waals surface area contributed by atoms with Crippen molar-refractivity contribution in [1.82, 2.24) is 4.90 Å². The number of alkyl halides is 3. The van der Waals surface area contributed by atoms with Gasteiger partial charge in [0.1, 0.15) is 6.07 Å². The zero-order valence-corrected chi connectivity index (χ0v) is 13.4. The van der Waals surface area contributed by atoms with Crippen molar-refractivity contribution in [3.05, 3.63) is 29.3 Å². The van der Waals surface area contributed by atoms with Crippen molar-refractivity contribution >= 4 is 9.84 Å². The van der Waals surface area contributed by atoms with Gasteiger partial charge in [-0.25, -0.2) is 8.42 Å². The lowest BCUT2D eigenvalue weighted by molar-refractivity contribution is -0.0436. The maximum absolute atomic E-state index is 12.8. The van der Waals surface area contributed by atoms with Gasteiger partial charge < -0.3 is 4.90 Å². The molecular weight excluding hydrogens is 329 g/mol. The van der Waals surface area contributed by atoms with Crippen LogP contribution in [0.1, 0.15) is 36.8 Å². The second-order valence-electron chi connectivity index (χ2n) is 5.49. The molecule has 1 saturated heterocycles. The van der Waals surface area contributed by atoms with Gasteiger partial charge in [-0.2, -0.15) is 18.4 Å². The molecule has 23 heavy (non-hydrogen) atoms. The van der Waals surface area contributed by atoms with Gasteiger partial charge in [-0.15, -0.1) is 0 Å². The number of nitriles is 1. The van der Waals surface area contributed by atoms with Crippen molar-refractivity contribution < 1.29 is 21.6 Å². The van der Waals surface area contributed by atoms with Crippen LogP contribution in [0.15, 0.2) is 23.1 Å². The summed E-state index contributed by atoms with van der Waals surface area (Å²) in [4.78, 5) is 1.27. The third-order valence-electron chi connectivity index (χ3n) is 4.24. The molecule has 0 bridgehead atoms. The smallest absolute Gasteiger partial charge is 0.304 e. The van der Waals surface area contributed by atoms with Gasteiger partial charge in [-0.3, -0.25) is 0 Å². The van der Waals surface area contributed by atoms with Crippen LogP contribution < -0.4 is 0 Å². The molecule has 8 heteroatoms. The minimum absolute atomic E-state index is 0.101. The summed E-state index contributed by atoms with van der Waals surface area (Å²) in [5.74, 6) is -0.101. The Kier molecular flexibility index (Phi) is 5.01. The van der Waals surface area contributed by atoms with Gasteiger partial charge in [0.2, 0.25) is 0 Å². The Morgan fingerprint density at radius 3 is 2.39 bits per heavy atom. The first-order valence-corrected chi connectivity index (χ1v) is 8.77. The number of piperidine rings is 1. The Balaban J connectivity index is 2.45. The Bertz CT molecular complexity index is 715. The third kappa shape index (κ3) is 3.35. The normalized spacial score (nSPS) is 17.9. The molecule has 1 aliphatic heterocycles. The molecule has 0 amide bonds. The maximum atomic E-state index is 12.8. The predicted molar refractivity (Wildman–Crippen MR) is 78.5 cm³/mol. The molecule has 1 aromatic carbocycles. The molecule has 0 unspecified atom stereocenters. The van der Waals surface area contributed by atoms with Gasteiger partial charge in [-0.05, 0) is 50.0 Å². The van der Waals surface area contributed by atoms with E-state index < -0.39 is 20.2 Å². The van der Waals surface area contributed by atoms with Crippen molar-refractivity contribution in [2.24, 2.45) is 0 Å². The summed E-state index contributed by atoms with van der Waals surface area (Å²) >= 11 is 0. The highest BCUT2D eigenvalue weighted by Gasteiger charge is 2.48. The van der Waals surface area contributed by atoms with Crippen LogP contribution in [0.2, 0.25) is 0 Å². The molecule has 1 aliphatic rings. The highest BCUT2D eigenvalue weighted by Crippen LogP contribution is 2.37. The molecule has 126 valence electrons. The van der Waals surface area contributed by atoms with E-state index in [1.807, 2.05) is 6.92 Å². The van der Waals surface area contributed by atoms with Crippen LogP contribution in [0.25, 0.3) is 0 Å². The fourth-order valence-electron chi connectivity index (χ4n) is 2.92. The van der Waals surface area contributed by atoms with Gasteiger partial charge in [0, 0.05) is 0 Å². The summed E-state index contributed by atoms with van der Waals surface area (Å²) in [7, 11) is -5.53. The zero-order valence-electron chi connectivity index (χ0n) is 12.6. The second kappa shape index (κ2) is 6.49. The molecule has 1 aromatic rings. The van der Waals surface area contributed by atoms with E-state index in [0.29, 0.717) is 18.4 Å². The standard InChI is InChI=1S/C15H17F3N2O2S/c1-2-20-8-6-11(7-9-20)12-4-3-5-14(13(12)10-19)23(21,22)15(16,17)18/h3-5,11H,2,6-9H2,1H3. The lowest BCUT2D eigenvalue weighted by atomic mass is 9.87. The number of rotatable bonds is 3. The number of halogens is 3. The molecule has 1 heterocycles. The molecule has 0 N–H and O–H groups in total. The summed E-state index contributed by atoms with van der Waals surface area (Å²) < 4.78 is 61.8. The molecule has 1 fully saturated rings. The first kappa shape index (κ1) is 17.8. The van der Waals surface area contributed by atoms with Gasteiger partial charge in [0.15, 0.2) is 0 Å². The fourth-order valence-corrected chi connectivity index (χ4v) is 3.86.